The molecule has 0 aliphatic heterocycles. The molecule has 0 spiro atoms. The lowest BCUT2D eigenvalue weighted by Crippen LogP contribution is -2.29. The van der Waals surface area contributed by atoms with E-state index in [2.05, 4.69) is 33.3 Å². The van der Waals surface area contributed by atoms with Gasteiger partial charge in [-0.05, 0) is 30.9 Å². The Bertz CT molecular complexity index is 468. The van der Waals surface area contributed by atoms with Crippen LogP contribution in [0.2, 0.25) is 5.28 Å². The fourth-order valence-corrected chi connectivity index (χ4v) is 1.94. The zero-order valence-electron chi connectivity index (χ0n) is 10.9. The van der Waals surface area contributed by atoms with E-state index < -0.39 is 0 Å². The van der Waals surface area contributed by atoms with Crippen molar-refractivity contribution in [1.29, 1.82) is 5.26 Å². The monoisotopic (exact) mass is 280 g/mol. The van der Waals surface area contributed by atoms with Gasteiger partial charge < -0.3 is 10.2 Å². The molecular formula is C12H17ClN6. The van der Waals surface area contributed by atoms with E-state index >= 15 is 0 Å². The zero-order valence-corrected chi connectivity index (χ0v) is 11.7. The smallest absolute Gasteiger partial charge is 0.231 e. The topological polar surface area (TPSA) is 77.7 Å². The molecule has 102 valence electrons. The van der Waals surface area contributed by atoms with E-state index in [1.165, 1.54) is 0 Å². The summed E-state index contributed by atoms with van der Waals surface area (Å²) in [6.07, 6.45) is 3.68. The minimum absolute atomic E-state index is 0.186. The molecule has 1 fully saturated rings. The van der Waals surface area contributed by atoms with Crippen LogP contribution >= 0.6 is 11.6 Å². The van der Waals surface area contributed by atoms with Gasteiger partial charge in [0.25, 0.3) is 0 Å². The van der Waals surface area contributed by atoms with E-state index in [-0.39, 0.29) is 5.28 Å². The van der Waals surface area contributed by atoms with Gasteiger partial charge in [-0.15, -0.1) is 0 Å². The Morgan fingerprint density at radius 2 is 2.21 bits per heavy atom. The van der Waals surface area contributed by atoms with Crippen molar-refractivity contribution >= 4 is 23.5 Å². The number of nitrogens with one attached hydrogen (secondary N) is 1. The maximum atomic E-state index is 8.72. The van der Waals surface area contributed by atoms with E-state index in [1.807, 2.05) is 4.90 Å². The molecule has 0 atom stereocenters. The SMILES string of the molecule is CCCNc1nc(Cl)nc(N(CCC#N)C2CC2)n1. The molecule has 7 heteroatoms. The van der Waals surface area contributed by atoms with Gasteiger partial charge in [0, 0.05) is 19.1 Å². The van der Waals surface area contributed by atoms with E-state index in [9.17, 15) is 0 Å². The number of anilines is 2. The molecule has 1 N–H and O–H groups in total. The second-order valence-electron chi connectivity index (χ2n) is 4.49. The number of nitriles is 1. The van der Waals surface area contributed by atoms with Crippen LogP contribution in [0.1, 0.15) is 32.6 Å². The zero-order chi connectivity index (χ0) is 13.7. The summed E-state index contributed by atoms with van der Waals surface area (Å²) in [7, 11) is 0. The van der Waals surface area contributed by atoms with Gasteiger partial charge >= 0.3 is 0 Å². The van der Waals surface area contributed by atoms with E-state index in [0.717, 1.165) is 25.8 Å². The first kappa shape index (κ1) is 13.8. The molecule has 1 heterocycles. The third-order valence-electron chi connectivity index (χ3n) is 2.84. The van der Waals surface area contributed by atoms with Crippen molar-refractivity contribution in [2.45, 2.75) is 38.6 Å². The Hall–Kier alpha value is -1.61. The van der Waals surface area contributed by atoms with Crippen LogP contribution in [0.25, 0.3) is 0 Å². The Morgan fingerprint density at radius 1 is 1.42 bits per heavy atom. The normalized spacial score (nSPS) is 13.9. The van der Waals surface area contributed by atoms with Crippen LogP contribution in [0.3, 0.4) is 0 Å². The first-order valence-corrected chi connectivity index (χ1v) is 6.91. The molecule has 1 aromatic heterocycles. The van der Waals surface area contributed by atoms with Gasteiger partial charge in [-0.2, -0.15) is 20.2 Å². The molecule has 0 unspecified atom stereocenters. The van der Waals surface area contributed by atoms with Crippen LogP contribution in [0.5, 0.6) is 0 Å². The largest absolute Gasteiger partial charge is 0.354 e. The number of aromatic nitrogens is 3. The van der Waals surface area contributed by atoms with Crippen molar-refractivity contribution in [3.63, 3.8) is 0 Å². The first-order valence-electron chi connectivity index (χ1n) is 6.53. The lowest BCUT2D eigenvalue weighted by molar-refractivity contribution is 0.754. The van der Waals surface area contributed by atoms with Crippen molar-refractivity contribution in [2.75, 3.05) is 23.3 Å². The fourth-order valence-electron chi connectivity index (χ4n) is 1.79. The summed E-state index contributed by atoms with van der Waals surface area (Å²) in [5.74, 6) is 1.07. The summed E-state index contributed by atoms with van der Waals surface area (Å²) in [6, 6.07) is 2.59. The molecule has 0 amide bonds. The number of hydrogen-bond acceptors (Lipinski definition) is 6. The van der Waals surface area contributed by atoms with Gasteiger partial charge in [0.05, 0.1) is 12.5 Å². The lowest BCUT2D eigenvalue weighted by Gasteiger charge is -2.21. The Kier molecular flexibility index (Phi) is 4.74. The summed E-state index contributed by atoms with van der Waals surface area (Å²) in [4.78, 5) is 14.7. The van der Waals surface area contributed by atoms with Crippen LogP contribution in [0, 0.1) is 11.3 Å². The number of nitrogens with zero attached hydrogens (tertiary/aromatic N) is 5. The minimum Gasteiger partial charge on any atom is -0.354 e. The second-order valence-corrected chi connectivity index (χ2v) is 4.83. The fraction of sp³-hybridized carbons (Fsp3) is 0.667. The molecule has 0 saturated heterocycles. The molecule has 1 aliphatic rings. The molecule has 0 radical (unpaired) electrons. The summed E-state index contributed by atoms with van der Waals surface area (Å²) >= 11 is 5.94. The molecule has 1 aliphatic carbocycles. The highest BCUT2D eigenvalue weighted by Crippen LogP contribution is 2.30. The third-order valence-corrected chi connectivity index (χ3v) is 3.01. The average Bonchev–Trinajstić information content (AvgIpc) is 3.21. The van der Waals surface area contributed by atoms with Gasteiger partial charge in [-0.25, -0.2) is 0 Å². The van der Waals surface area contributed by atoms with Crippen LogP contribution in [-0.2, 0) is 0 Å². The van der Waals surface area contributed by atoms with Gasteiger partial charge in [-0.1, -0.05) is 6.92 Å². The van der Waals surface area contributed by atoms with Gasteiger partial charge in [-0.3, -0.25) is 0 Å². The van der Waals surface area contributed by atoms with Gasteiger partial charge in [0.1, 0.15) is 0 Å². The average molecular weight is 281 g/mol. The number of halogens is 1. The molecule has 2 rings (SSSR count). The van der Waals surface area contributed by atoms with Crippen molar-refractivity contribution in [2.24, 2.45) is 0 Å². The Balaban J connectivity index is 2.16. The molecule has 1 aromatic rings. The van der Waals surface area contributed by atoms with E-state index in [1.54, 1.807) is 0 Å². The van der Waals surface area contributed by atoms with Crippen molar-refractivity contribution in [1.82, 2.24) is 15.0 Å². The van der Waals surface area contributed by atoms with Crippen molar-refractivity contribution < 1.29 is 0 Å². The predicted octanol–water partition coefficient (Wildman–Crippen LogP) is 2.23. The van der Waals surface area contributed by atoms with Crippen LogP contribution < -0.4 is 10.2 Å². The Labute approximate surface area is 117 Å². The summed E-state index contributed by atoms with van der Waals surface area (Å²) in [6.45, 7) is 3.50. The quantitative estimate of drug-likeness (QED) is 0.825. The highest BCUT2D eigenvalue weighted by molar-refractivity contribution is 6.28. The van der Waals surface area contributed by atoms with Crippen LogP contribution in [0.15, 0.2) is 0 Å². The van der Waals surface area contributed by atoms with E-state index in [0.29, 0.717) is 30.9 Å². The maximum Gasteiger partial charge on any atom is 0.231 e. The second kappa shape index (κ2) is 6.53. The highest BCUT2D eigenvalue weighted by atomic mass is 35.5. The maximum absolute atomic E-state index is 8.72. The first-order chi connectivity index (χ1) is 9.24. The van der Waals surface area contributed by atoms with Gasteiger partial charge in [0.15, 0.2) is 0 Å². The van der Waals surface area contributed by atoms with Crippen LogP contribution in [0.4, 0.5) is 11.9 Å². The minimum atomic E-state index is 0.186. The molecule has 0 bridgehead atoms. The molecule has 0 aromatic carbocycles. The predicted molar refractivity (Wildman–Crippen MR) is 74.2 cm³/mol. The molecule has 19 heavy (non-hydrogen) atoms. The summed E-state index contributed by atoms with van der Waals surface area (Å²) in [5.41, 5.74) is 0. The van der Waals surface area contributed by atoms with Crippen molar-refractivity contribution in [3.8, 4) is 6.07 Å². The van der Waals surface area contributed by atoms with E-state index in [4.69, 9.17) is 16.9 Å². The van der Waals surface area contributed by atoms with Crippen LogP contribution in [-0.4, -0.2) is 34.1 Å². The Morgan fingerprint density at radius 3 is 2.84 bits per heavy atom. The van der Waals surface area contributed by atoms with Gasteiger partial charge in [0.2, 0.25) is 17.2 Å². The third kappa shape index (κ3) is 3.93. The number of rotatable bonds is 7. The molecular weight excluding hydrogens is 264 g/mol. The highest BCUT2D eigenvalue weighted by Gasteiger charge is 2.31. The summed E-state index contributed by atoms with van der Waals surface area (Å²) < 4.78 is 0. The lowest BCUT2D eigenvalue weighted by atomic mass is 10.4. The standard InChI is InChI=1S/C12H17ClN6/c1-2-7-15-11-16-10(13)17-12(18-11)19(8-3-6-14)9-4-5-9/h9H,2-5,7-8H2,1H3,(H,15,16,17,18). The number of hydrogen-bond donors (Lipinski definition) is 1. The summed E-state index contributed by atoms with van der Waals surface area (Å²) in [5, 5.41) is 12.0. The molecule has 1 saturated carbocycles. The molecule has 6 nitrogen and oxygen atoms in total. The van der Waals surface area contributed by atoms with Crippen molar-refractivity contribution in [3.05, 3.63) is 5.28 Å².